The zero-order chi connectivity index (χ0) is 14.5. The van der Waals surface area contributed by atoms with Crippen LogP contribution in [0.4, 0.5) is 0 Å². The quantitative estimate of drug-likeness (QED) is 0.744. The van der Waals surface area contributed by atoms with Crippen molar-refractivity contribution in [1.82, 2.24) is 0 Å². The molecule has 0 spiro atoms. The highest BCUT2D eigenvalue weighted by Gasteiger charge is 2.46. The second-order valence-corrected chi connectivity index (χ2v) is 5.91. The summed E-state index contributed by atoms with van der Waals surface area (Å²) in [7, 11) is 0. The topological polar surface area (TPSA) is 52.6 Å². The lowest BCUT2D eigenvalue weighted by Gasteiger charge is -2.43. The number of hydrogen-bond donors (Lipinski definition) is 0. The van der Waals surface area contributed by atoms with Gasteiger partial charge in [-0.25, -0.2) is 0 Å². The molecule has 0 bridgehead atoms. The molecule has 2 aliphatic carbocycles. The minimum absolute atomic E-state index is 0.00840. The molecule has 0 aromatic heterocycles. The molecule has 0 aliphatic heterocycles. The molecule has 2 fully saturated rings. The normalized spacial score (nSPS) is 33.1. The lowest BCUT2D eigenvalue weighted by Crippen LogP contribution is -2.43. The fourth-order valence-electron chi connectivity index (χ4n) is 4.06. The molecular formula is C16H26O4. The van der Waals surface area contributed by atoms with Crippen molar-refractivity contribution in [3.8, 4) is 0 Å². The number of rotatable bonds is 4. The lowest BCUT2D eigenvalue weighted by atomic mass is 9.61. The second kappa shape index (κ2) is 7.09. The average Bonchev–Trinajstić information content (AvgIpc) is 2.46. The van der Waals surface area contributed by atoms with Crippen molar-refractivity contribution >= 4 is 11.9 Å². The van der Waals surface area contributed by atoms with Crippen molar-refractivity contribution in [2.75, 3.05) is 13.2 Å². The van der Waals surface area contributed by atoms with Crippen molar-refractivity contribution in [1.29, 1.82) is 0 Å². The number of carbonyl (C=O) groups is 2. The smallest absolute Gasteiger partial charge is 0.309 e. The van der Waals surface area contributed by atoms with Gasteiger partial charge in [0.1, 0.15) is 0 Å². The summed E-state index contributed by atoms with van der Waals surface area (Å²) >= 11 is 0. The van der Waals surface area contributed by atoms with E-state index in [-0.39, 0.29) is 23.8 Å². The van der Waals surface area contributed by atoms with E-state index in [9.17, 15) is 9.59 Å². The van der Waals surface area contributed by atoms with Gasteiger partial charge in [0.2, 0.25) is 0 Å². The summed E-state index contributed by atoms with van der Waals surface area (Å²) in [5.41, 5.74) is 0. The first-order valence-electron chi connectivity index (χ1n) is 8.02. The van der Waals surface area contributed by atoms with Crippen molar-refractivity contribution in [3.05, 3.63) is 0 Å². The van der Waals surface area contributed by atoms with Gasteiger partial charge < -0.3 is 9.47 Å². The van der Waals surface area contributed by atoms with Crippen molar-refractivity contribution in [2.45, 2.75) is 52.4 Å². The zero-order valence-electron chi connectivity index (χ0n) is 12.6. The van der Waals surface area contributed by atoms with Crippen LogP contribution in [0.1, 0.15) is 52.4 Å². The summed E-state index contributed by atoms with van der Waals surface area (Å²) in [4.78, 5) is 24.2. The van der Waals surface area contributed by atoms with Crippen LogP contribution in [-0.4, -0.2) is 25.2 Å². The molecule has 4 nitrogen and oxygen atoms in total. The van der Waals surface area contributed by atoms with Crippen LogP contribution >= 0.6 is 0 Å². The van der Waals surface area contributed by atoms with Crippen LogP contribution in [0.3, 0.4) is 0 Å². The maximum Gasteiger partial charge on any atom is 0.309 e. The van der Waals surface area contributed by atoms with Crippen LogP contribution in [0.15, 0.2) is 0 Å². The molecule has 20 heavy (non-hydrogen) atoms. The van der Waals surface area contributed by atoms with Crippen LogP contribution in [0.2, 0.25) is 0 Å². The highest BCUT2D eigenvalue weighted by Crippen LogP contribution is 2.47. The monoisotopic (exact) mass is 282 g/mol. The third-order valence-corrected chi connectivity index (χ3v) is 4.88. The molecule has 2 rings (SSSR count). The van der Waals surface area contributed by atoms with Crippen LogP contribution in [0.5, 0.6) is 0 Å². The standard InChI is InChI=1S/C16H26O4/c1-3-19-15(17)13-9-10-14(16(18)20-4-2)12-8-6-5-7-11(12)13/h11-14H,3-10H2,1-2H3. The first-order chi connectivity index (χ1) is 9.69. The number of carbonyl (C=O) groups excluding carboxylic acids is 2. The van der Waals surface area contributed by atoms with Gasteiger partial charge in [0.05, 0.1) is 25.0 Å². The predicted molar refractivity (Wildman–Crippen MR) is 74.9 cm³/mol. The number of esters is 2. The molecule has 4 unspecified atom stereocenters. The van der Waals surface area contributed by atoms with Gasteiger partial charge in [0.25, 0.3) is 0 Å². The molecule has 114 valence electrons. The highest BCUT2D eigenvalue weighted by molar-refractivity contribution is 5.76. The van der Waals surface area contributed by atoms with Crippen LogP contribution < -0.4 is 0 Å². The van der Waals surface area contributed by atoms with E-state index in [0.717, 1.165) is 38.5 Å². The van der Waals surface area contributed by atoms with Crippen LogP contribution in [-0.2, 0) is 19.1 Å². The van der Waals surface area contributed by atoms with Gasteiger partial charge in [0, 0.05) is 0 Å². The summed E-state index contributed by atoms with van der Waals surface area (Å²) in [6, 6.07) is 0. The maximum atomic E-state index is 12.1. The number of fused-ring (bicyclic) bond motifs is 1. The third-order valence-electron chi connectivity index (χ3n) is 4.88. The summed E-state index contributed by atoms with van der Waals surface area (Å²) in [6.07, 6.45) is 5.94. The molecular weight excluding hydrogens is 256 g/mol. The minimum Gasteiger partial charge on any atom is -0.466 e. The maximum absolute atomic E-state index is 12.1. The van der Waals surface area contributed by atoms with Crippen molar-refractivity contribution in [3.63, 3.8) is 0 Å². The molecule has 4 heteroatoms. The Labute approximate surface area is 121 Å². The Morgan fingerprint density at radius 3 is 1.55 bits per heavy atom. The SMILES string of the molecule is CCOC(=O)C1CCC(C(=O)OCC)C2CCCCC12. The summed E-state index contributed by atoms with van der Waals surface area (Å²) in [5, 5.41) is 0. The van der Waals surface area contributed by atoms with E-state index < -0.39 is 0 Å². The molecule has 0 radical (unpaired) electrons. The molecule has 0 heterocycles. The van der Waals surface area contributed by atoms with Crippen molar-refractivity contribution < 1.29 is 19.1 Å². The predicted octanol–water partition coefficient (Wildman–Crippen LogP) is 2.95. The molecule has 0 aromatic carbocycles. The molecule has 0 N–H and O–H groups in total. The van der Waals surface area contributed by atoms with Crippen LogP contribution in [0.25, 0.3) is 0 Å². The van der Waals surface area contributed by atoms with Gasteiger partial charge in [-0.1, -0.05) is 12.8 Å². The van der Waals surface area contributed by atoms with Crippen LogP contribution in [0, 0.1) is 23.7 Å². The fourth-order valence-corrected chi connectivity index (χ4v) is 4.06. The number of ether oxygens (including phenoxy) is 2. The molecule has 0 amide bonds. The first-order valence-corrected chi connectivity index (χ1v) is 8.02. The Balaban J connectivity index is 2.09. The van der Waals surface area contributed by atoms with Gasteiger partial charge >= 0.3 is 11.9 Å². The zero-order valence-corrected chi connectivity index (χ0v) is 12.6. The van der Waals surface area contributed by atoms with Gasteiger partial charge in [0.15, 0.2) is 0 Å². The summed E-state index contributed by atoms with van der Waals surface area (Å²) in [5.74, 6) is 0.479. The minimum atomic E-state index is -0.0632. The average molecular weight is 282 g/mol. The summed E-state index contributed by atoms with van der Waals surface area (Å²) < 4.78 is 10.4. The molecule has 2 saturated carbocycles. The van der Waals surface area contributed by atoms with Gasteiger partial charge in [-0.2, -0.15) is 0 Å². The number of hydrogen-bond acceptors (Lipinski definition) is 4. The van der Waals surface area contributed by atoms with E-state index in [1.54, 1.807) is 0 Å². The van der Waals surface area contributed by atoms with E-state index >= 15 is 0 Å². The lowest BCUT2D eigenvalue weighted by molar-refractivity contribution is -0.162. The fraction of sp³-hybridized carbons (Fsp3) is 0.875. The highest BCUT2D eigenvalue weighted by atomic mass is 16.5. The first kappa shape index (κ1) is 15.3. The Hall–Kier alpha value is -1.06. The largest absolute Gasteiger partial charge is 0.466 e. The molecule has 0 saturated heterocycles. The molecule has 0 aromatic rings. The second-order valence-electron chi connectivity index (χ2n) is 5.91. The van der Waals surface area contributed by atoms with Gasteiger partial charge in [-0.05, 0) is 51.4 Å². The van der Waals surface area contributed by atoms with E-state index in [0.29, 0.717) is 25.0 Å². The molecule has 2 aliphatic rings. The Kier molecular flexibility index (Phi) is 5.44. The third kappa shape index (κ3) is 3.15. The Bertz CT molecular complexity index is 318. The molecule has 4 atom stereocenters. The summed E-state index contributed by atoms with van der Waals surface area (Å²) in [6.45, 7) is 4.57. The van der Waals surface area contributed by atoms with Crippen molar-refractivity contribution in [2.24, 2.45) is 23.7 Å². The Morgan fingerprint density at radius 2 is 1.20 bits per heavy atom. The van der Waals surface area contributed by atoms with E-state index in [2.05, 4.69) is 0 Å². The Morgan fingerprint density at radius 1 is 0.800 bits per heavy atom. The van der Waals surface area contributed by atoms with E-state index in [4.69, 9.17) is 9.47 Å². The van der Waals surface area contributed by atoms with Gasteiger partial charge in [-0.15, -0.1) is 0 Å². The van der Waals surface area contributed by atoms with E-state index in [1.807, 2.05) is 13.8 Å². The van der Waals surface area contributed by atoms with Gasteiger partial charge in [-0.3, -0.25) is 9.59 Å². The van der Waals surface area contributed by atoms with E-state index in [1.165, 1.54) is 0 Å².